The van der Waals surface area contributed by atoms with Crippen LogP contribution in [0.1, 0.15) is 28.5 Å². The number of carbonyl (C=O) groups is 1. The predicted octanol–water partition coefficient (Wildman–Crippen LogP) is 4.61. The molecule has 0 atom stereocenters. The summed E-state index contributed by atoms with van der Waals surface area (Å²) in [6.45, 7) is 6.61. The van der Waals surface area contributed by atoms with Crippen LogP contribution in [0, 0.1) is 13.8 Å². The molecule has 0 aliphatic heterocycles. The van der Waals surface area contributed by atoms with Crippen molar-refractivity contribution in [1.82, 2.24) is 5.16 Å². The first kappa shape index (κ1) is 16.8. The van der Waals surface area contributed by atoms with Crippen LogP contribution in [0.25, 0.3) is 11.3 Å². The zero-order chi connectivity index (χ0) is 17.8. The quantitative estimate of drug-likeness (QED) is 0.739. The highest BCUT2D eigenvalue weighted by molar-refractivity contribution is 6.03. The first-order valence-electron chi connectivity index (χ1n) is 8.15. The first-order chi connectivity index (χ1) is 12.1. The van der Waals surface area contributed by atoms with Crippen LogP contribution in [-0.4, -0.2) is 17.7 Å². The van der Waals surface area contributed by atoms with Crippen LogP contribution in [0.15, 0.2) is 53.1 Å². The van der Waals surface area contributed by atoms with Gasteiger partial charge in [-0.3, -0.25) is 4.79 Å². The van der Waals surface area contributed by atoms with Gasteiger partial charge in [-0.15, -0.1) is 0 Å². The molecule has 5 heteroatoms. The first-order valence-corrected chi connectivity index (χ1v) is 8.15. The van der Waals surface area contributed by atoms with E-state index in [0.29, 0.717) is 18.1 Å². The predicted molar refractivity (Wildman–Crippen MR) is 97.0 cm³/mol. The Morgan fingerprint density at radius 1 is 1.08 bits per heavy atom. The van der Waals surface area contributed by atoms with Gasteiger partial charge in [-0.2, -0.15) is 0 Å². The fourth-order valence-electron chi connectivity index (χ4n) is 2.41. The molecule has 0 radical (unpaired) electrons. The molecular formula is C20H20N2O3. The van der Waals surface area contributed by atoms with E-state index in [2.05, 4.69) is 17.4 Å². The van der Waals surface area contributed by atoms with Gasteiger partial charge in [0.2, 0.25) is 0 Å². The van der Waals surface area contributed by atoms with E-state index in [4.69, 9.17) is 9.26 Å². The third-order valence-corrected chi connectivity index (χ3v) is 3.96. The molecule has 2 aromatic carbocycles. The number of carbonyl (C=O) groups excluding carboxylic acids is 1. The van der Waals surface area contributed by atoms with Gasteiger partial charge in [0.25, 0.3) is 5.91 Å². The van der Waals surface area contributed by atoms with E-state index in [1.807, 2.05) is 44.2 Å². The van der Waals surface area contributed by atoms with Gasteiger partial charge in [-0.1, -0.05) is 17.3 Å². The van der Waals surface area contributed by atoms with Gasteiger partial charge in [0.05, 0.1) is 6.61 Å². The Bertz CT molecular complexity index is 882. The number of anilines is 1. The van der Waals surface area contributed by atoms with E-state index in [0.717, 1.165) is 16.9 Å². The fourth-order valence-corrected chi connectivity index (χ4v) is 2.41. The number of hydrogen-bond donors (Lipinski definition) is 1. The van der Waals surface area contributed by atoms with Crippen molar-refractivity contribution in [1.29, 1.82) is 0 Å². The van der Waals surface area contributed by atoms with Crippen molar-refractivity contribution in [2.45, 2.75) is 20.8 Å². The van der Waals surface area contributed by atoms with Crippen molar-refractivity contribution < 1.29 is 14.1 Å². The number of aromatic nitrogens is 1. The summed E-state index contributed by atoms with van der Waals surface area (Å²) >= 11 is 0. The minimum atomic E-state index is -0.317. The summed E-state index contributed by atoms with van der Waals surface area (Å²) in [5.74, 6) is 1.02. The number of benzene rings is 2. The Kier molecular flexibility index (Phi) is 4.84. The molecular weight excluding hydrogens is 316 g/mol. The number of rotatable bonds is 5. The molecule has 0 aliphatic rings. The van der Waals surface area contributed by atoms with Crippen molar-refractivity contribution in [3.63, 3.8) is 0 Å². The summed E-state index contributed by atoms with van der Waals surface area (Å²) in [6.07, 6.45) is 0. The number of ether oxygens (including phenoxy) is 1. The minimum absolute atomic E-state index is 0.238. The zero-order valence-electron chi connectivity index (χ0n) is 14.5. The number of nitrogens with zero attached hydrogens (tertiary/aromatic N) is 1. The highest BCUT2D eigenvalue weighted by Gasteiger charge is 2.14. The molecule has 1 N–H and O–H groups in total. The van der Waals surface area contributed by atoms with E-state index in [1.54, 1.807) is 18.2 Å². The van der Waals surface area contributed by atoms with Crippen molar-refractivity contribution in [3.8, 4) is 17.1 Å². The van der Waals surface area contributed by atoms with Crippen molar-refractivity contribution >= 4 is 11.6 Å². The van der Waals surface area contributed by atoms with Gasteiger partial charge in [0.15, 0.2) is 11.5 Å². The molecule has 0 unspecified atom stereocenters. The molecule has 0 spiro atoms. The van der Waals surface area contributed by atoms with Crippen molar-refractivity contribution in [2.75, 3.05) is 11.9 Å². The average Bonchev–Trinajstić information content (AvgIpc) is 3.09. The lowest BCUT2D eigenvalue weighted by molar-refractivity contribution is 0.101. The van der Waals surface area contributed by atoms with Crippen molar-refractivity contribution in [3.05, 3.63) is 65.4 Å². The SMILES string of the molecule is CCOc1ccc(NC(=O)c2cc(-c3ccc(C)c(C)c3)on2)cc1. The van der Waals surface area contributed by atoms with Crippen LogP contribution in [0.4, 0.5) is 5.69 Å². The number of amides is 1. The molecule has 0 saturated heterocycles. The summed E-state index contributed by atoms with van der Waals surface area (Å²) in [5, 5.41) is 6.67. The second-order valence-electron chi connectivity index (χ2n) is 5.79. The summed E-state index contributed by atoms with van der Waals surface area (Å²) in [7, 11) is 0. The molecule has 0 aliphatic carbocycles. The Morgan fingerprint density at radius 3 is 2.52 bits per heavy atom. The Labute approximate surface area is 146 Å². The van der Waals surface area contributed by atoms with Gasteiger partial charge in [0.1, 0.15) is 5.75 Å². The van der Waals surface area contributed by atoms with Gasteiger partial charge >= 0.3 is 0 Å². The van der Waals surface area contributed by atoms with Crippen LogP contribution in [0.2, 0.25) is 0 Å². The fraction of sp³-hybridized carbons (Fsp3) is 0.200. The lowest BCUT2D eigenvalue weighted by Crippen LogP contribution is -2.12. The highest BCUT2D eigenvalue weighted by atomic mass is 16.5. The standard InChI is InChI=1S/C20H20N2O3/c1-4-24-17-9-7-16(8-10-17)21-20(23)18-12-19(25-22-18)15-6-5-13(2)14(3)11-15/h5-12H,4H2,1-3H3,(H,21,23). The van der Waals surface area contributed by atoms with E-state index in [9.17, 15) is 4.79 Å². The van der Waals surface area contributed by atoms with Crippen LogP contribution in [-0.2, 0) is 0 Å². The lowest BCUT2D eigenvalue weighted by Gasteiger charge is -2.05. The maximum absolute atomic E-state index is 12.3. The molecule has 3 aromatic rings. The average molecular weight is 336 g/mol. The van der Waals surface area contributed by atoms with Crippen LogP contribution < -0.4 is 10.1 Å². The monoisotopic (exact) mass is 336 g/mol. The smallest absolute Gasteiger partial charge is 0.277 e. The van der Waals surface area contributed by atoms with Gasteiger partial charge < -0.3 is 14.6 Å². The largest absolute Gasteiger partial charge is 0.494 e. The van der Waals surface area contributed by atoms with E-state index in [1.165, 1.54) is 5.56 Å². The number of aryl methyl sites for hydroxylation is 2. The van der Waals surface area contributed by atoms with E-state index >= 15 is 0 Å². The second kappa shape index (κ2) is 7.21. The molecule has 3 rings (SSSR count). The molecule has 1 amide bonds. The second-order valence-corrected chi connectivity index (χ2v) is 5.79. The maximum atomic E-state index is 12.3. The highest BCUT2D eigenvalue weighted by Crippen LogP contribution is 2.23. The summed E-state index contributed by atoms with van der Waals surface area (Å²) in [6, 6.07) is 14.8. The number of nitrogens with one attached hydrogen (secondary N) is 1. The summed E-state index contributed by atoms with van der Waals surface area (Å²) in [4.78, 5) is 12.3. The van der Waals surface area contributed by atoms with Crippen LogP contribution >= 0.6 is 0 Å². The molecule has 1 aromatic heterocycles. The Morgan fingerprint density at radius 2 is 1.84 bits per heavy atom. The van der Waals surface area contributed by atoms with Gasteiger partial charge in [0, 0.05) is 17.3 Å². The molecule has 0 saturated carbocycles. The number of hydrogen-bond acceptors (Lipinski definition) is 4. The molecule has 25 heavy (non-hydrogen) atoms. The third kappa shape index (κ3) is 3.88. The lowest BCUT2D eigenvalue weighted by atomic mass is 10.0. The summed E-state index contributed by atoms with van der Waals surface area (Å²) in [5.41, 5.74) is 4.17. The molecule has 5 nitrogen and oxygen atoms in total. The molecule has 0 bridgehead atoms. The maximum Gasteiger partial charge on any atom is 0.277 e. The van der Waals surface area contributed by atoms with E-state index in [-0.39, 0.29) is 11.6 Å². The zero-order valence-corrected chi connectivity index (χ0v) is 14.5. The molecule has 0 fully saturated rings. The third-order valence-electron chi connectivity index (χ3n) is 3.96. The molecule has 1 heterocycles. The van der Waals surface area contributed by atoms with Crippen LogP contribution in [0.5, 0.6) is 5.75 Å². The van der Waals surface area contributed by atoms with Crippen LogP contribution in [0.3, 0.4) is 0 Å². The van der Waals surface area contributed by atoms with Crippen molar-refractivity contribution in [2.24, 2.45) is 0 Å². The topological polar surface area (TPSA) is 64.4 Å². The Hall–Kier alpha value is -3.08. The minimum Gasteiger partial charge on any atom is -0.494 e. The normalized spacial score (nSPS) is 10.5. The van der Waals surface area contributed by atoms with Gasteiger partial charge in [-0.25, -0.2) is 0 Å². The summed E-state index contributed by atoms with van der Waals surface area (Å²) < 4.78 is 10.7. The van der Waals surface area contributed by atoms with Gasteiger partial charge in [-0.05, 0) is 62.2 Å². The van der Waals surface area contributed by atoms with E-state index < -0.39 is 0 Å². The molecule has 128 valence electrons. The Balaban J connectivity index is 1.72.